The molecule has 2 saturated heterocycles. The standard InChI is InChI=1S/C13H26N2O2/c1-11-8-15(5-2-12(11)16)10-13(9-14)3-6-17-7-4-13/h11-12,16H,2-10,14H2,1H3. The summed E-state index contributed by atoms with van der Waals surface area (Å²) >= 11 is 0. The average molecular weight is 242 g/mol. The van der Waals surface area contributed by atoms with Gasteiger partial charge in [0, 0.05) is 32.8 Å². The van der Waals surface area contributed by atoms with Crippen molar-refractivity contribution in [1.82, 2.24) is 4.90 Å². The van der Waals surface area contributed by atoms with Crippen molar-refractivity contribution in [3.8, 4) is 0 Å². The molecule has 2 atom stereocenters. The Morgan fingerprint density at radius 3 is 2.71 bits per heavy atom. The highest BCUT2D eigenvalue weighted by molar-refractivity contribution is 4.88. The van der Waals surface area contributed by atoms with E-state index in [9.17, 15) is 5.11 Å². The third-order valence-electron chi connectivity index (χ3n) is 4.49. The van der Waals surface area contributed by atoms with E-state index in [4.69, 9.17) is 10.5 Å². The lowest BCUT2D eigenvalue weighted by Gasteiger charge is -2.43. The van der Waals surface area contributed by atoms with Crippen molar-refractivity contribution in [1.29, 1.82) is 0 Å². The molecule has 4 nitrogen and oxygen atoms in total. The molecule has 2 rings (SSSR count). The van der Waals surface area contributed by atoms with Crippen molar-refractivity contribution in [2.45, 2.75) is 32.3 Å². The molecule has 2 aliphatic rings. The van der Waals surface area contributed by atoms with E-state index in [1.54, 1.807) is 0 Å². The quantitative estimate of drug-likeness (QED) is 0.754. The number of rotatable bonds is 3. The Morgan fingerprint density at radius 1 is 1.41 bits per heavy atom. The van der Waals surface area contributed by atoms with Crippen LogP contribution in [0, 0.1) is 11.3 Å². The van der Waals surface area contributed by atoms with Crippen LogP contribution in [0.4, 0.5) is 0 Å². The molecular weight excluding hydrogens is 216 g/mol. The van der Waals surface area contributed by atoms with Gasteiger partial charge in [0.15, 0.2) is 0 Å². The fourth-order valence-electron chi connectivity index (χ4n) is 3.07. The number of hydrogen-bond donors (Lipinski definition) is 2. The number of ether oxygens (including phenoxy) is 1. The van der Waals surface area contributed by atoms with Gasteiger partial charge in [0.1, 0.15) is 0 Å². The van der Waals surface area contributed by atoms with Gasteiger partial charge in [0.05, 0.1) is 6.10 Å². The van der Waals surface area contributed by atoms with Gasteiger partial charge in [0.2, 0.25) is 0 Å². The van der Waals surface area contributed by atoms with E-state index in [1.807, 2.05) is 0 Å². The Labute approximate surface area is 104 Å². The SMILES string of the molecule is CC1CN(CC2(CN)CCOCC2)CCC1O. The number of likely N-dealkylation sites (tertiary alicyclic amines) is 1. The molecule has 0 aromatic heterocycles. The lowest BCUT2D eigenvalue weighted by molar-refractivity contribution is -0.0240. The van der Waals surface area contributed by atoms with E-state index >= 15 is 0 Å². The molecule has 3 N–H and O–H groups in total. The first-order valence-electron chi connectivity index (χ1n) is 6.83. The molecule has 4 heteroatoms. The Bertz CT molecular complexity index is 242. The van der Waals surface area contributed by atoms with Gasteiger partial charge < -0.3 is 20.5 Å². The number of hydrogen-bond acceptors (Lipinski definition) is 4. The topological polar surface area (TPSA) is 58.7 Å². The predicted molar refractivity (Wildman–Crippen MR) is 67.8 cm³/mol. The van der Waals surface area contributed by atoms with Gasteiger partial charge in [-0.3, -0.25) is 0 Å². The van der Waals surface area contributed by atoms with Gasteiger partial charge in [-0.05, 0) is 37.1 Å². The zero-order valence-electron chi connectivity index (χ0n) is 10.9. The number of aliphatic hydroxyl groups excluding tert-OH is 1. The molecule has 0 aromatic rings. The number of nitrogens with two attached hydrogens (primary N) is 1. The van der Waals surface area contributed by atoms with Crippen LogP contribution in [0.5, 0.6) is 0 Å². The van der Waals surface area contributed by atoms with Crippen LogP contribution in [0.25, 0.3) is 0 Å². The zero-order chi connectivity index (χ0) is 12.3. The molecule has 0 spiro atoms. The number of nitrogens with zero attached hydrogens (tertiary/aromatic N) is 1. The van der Waals surface area contributed by atoms with E-state index in [1.165, 1.54) is 0 Å². The van der Waals surface area contributed by atoms with Crippen molar-refractivity contribution in [2.75, 3.05) is 39.4 Å². The highest BCUT2D eigenvalue weighted by Crippen LogP contribution is 2.31. The van der Waals surface area contributed by atoms with Crippen LogP contribution in [0.1, 0.15) is 26.2 Å². The van der Waals surface area contributed by atoms with E-state index < -0.39 is 0 Å². The van der Waals surface area contributed by atoms with Crippen LogP contribution in [0.3, 0.4) is 0 Å². The van der Waals surface area contributed by atoms with Crippen molar-refractivity contribution in [3.05, 3.63) is 0 Å². The first-order valence-corrected chi connectivity index (χ1v) is 6.83. The average Bonchev–Trinajstić information content (AvgIpc) is 2.35. The predicted octanol–water partition coefficient (Wildman–Crippen LogP) is 0.445. The highest BCUT2D eigenvalue weighted by Gasteiger charge is 2.35. The molecule has 2 unspecified atom stereocenters. The lowest BCUT2D eigenvalue weighted by atomic mass is 9.79. The van der Waals surface area contributed by atoms with Gasteiger partial charge in [-0.15, -0.1) is 0 Å². The molecule has 100 valence electrons. The van der Waals surface area contributed by atoms with Crippen molar-refractivity contribution < 1.29 is 9.84 Å². The largest absolute Gasteiger partial charge is 0.393 e. The second kappa shape index (κ2) is 5.65. The van der Waals surface area contributed by atoms with E-state index in [2.05, 4.69) is 11.8 Å². The van der Waals surface area contributed by atoms with Crippen LogP contribution in [0.2, 0.25) is 0 Å². The summed E-state index contributed by atoms with van der Waals surface area (Å²) in [5, 5.41) is 9.75. The number of piperidine rings is 1. The molecule has 0 radical (unpaired) electrons. The first kappa shape index (κ1) is 13.3. The minimum absolute atomic E-state index is 0.116. The fraction of sp³-hybridized carbons (Fsp3) is 1.00. The van der Waals surface area contributed by atoms with Crippen LogP contribution >= 0.6 is 0 Å². The van der Waals surface area contributed by atoms with E-state index in [0.717, 1.165) is 58.7 Å². The van der Waals surface area contributed by atoms with Crippen molar-refractivity contribution in [3.63, 3.8) is 0 Å². The second-order valence-electron chi connectivity index (χ2n) is 5.88. The smallest absolute Gasteiger partial charge is 0.0590 e. The summed E-state index contributed by atoms with van der Waals surface area (Å²) in [5.41, 5.74) is 6.24. The third kappa shape index (κ3) is 3.19. The first-order chi connectivity index (χ1) is 8.15. The molecule has 2 fully saturated rings. The molecular formula is C13H26N2O2. The van der Waals surface area contributed by atoms with Gasteiger partial charge in [-0.1, -0.05) is 6.92 Å². The highest BCUT2D eigenvalue weighted by atomic mass is 16.5. The third-order valence-corrected chi connectivity index (χ3v) is 4.49. The van der Waals surface area contributed by atoms with Crippen LogP contribution in [-0.2, 0) is 4.74 Å². The minimum Gasteiger partial charge on any atom is -0.393 e. The maximum Gasteiger partial charge on any atom is 0.0590 e. The number of aliphatic hydroxyl groups is 1. The molecule has 0 aliphatic carbocycles. The molecule has 2 aliphatic heterocycles. The summed E-state index contributed by atoms with van der Waals surface area (Å²) in [5.74, 6) is 0.387. The molecule has 0 saturated carbocycles. The Morgan fingerprint density at radius 2 is 2.12 bits per heavy atom. The van der Waals surface area contributed by atoms with Crippen LogP contribution in [0.15, 0.2) is 0 Å². The fourth-order valence-corrected chi connectivity index (χ4v) is 3.07. The van der Waals surface area contributed by atoms with Crippen molar-refractivity contribution in [2.24, 2.45) is 17.1 Å². The summed E-state index contributed by atoms with van der Waals surface area (Å²) in [6, 6.07) is 0. The second-order valence-corrected chi connectivity index (χ2v) is 5.88. The molecule has 17 heavy (non-hydrogen) atoms. The van der Waals surface area contributed by atoms with E-state index in [0.29, 0.717) is 5.92 Å². The van der Waals surface area contributed by atoms with Crippen LogP contribution < -0.4 is 5.73 Å². The summed E-state index contributed by atoms with van der Waals surface area (Å²) in [4.78, 5) is 2.48. The maximum absolute atomic E-state index is 9.75. The summed E-state index contributed by atoms with van der Waals surface area (Å²) in [7, 11) is 0. The molecule has 0 bridgehead atoms. The molecule has 0 amide bonds. The van der Waals surface area contributed by atoms with Gasteiger partial charge >= 0.3 is 0 Å². The van der Waals surface area contributed by atoms with Gasteiger partial charge in [-0.2, -0.15) is 0 Å². The van der Waals surface area contributed by atoms with Gasteiger partial charge in [-0.25, -0.2) is 0 Å². The normalized spacial score (nSPS) is 34.8. The Kier molecular flexibility index (Phi) is 4.42. The monoisotopic (exact) mass is 242 g/mol. The molecule has 0 aromatic carbocycles. The van der Waals surface area contributed by atoms with E-state index in [-0.39, 0.29) is 11.5 Å². The Hall–Kier alpha value is -0.160. The zero-order valence-corrected chi connectivity index (χ0v) is 10.9. The van der Waals surface area contributed by atoms with Gasteiger partial charge in [0.25, 0.3) is 0 Å². The summed E-state index contributed by atoms with van der Waals surface area (Å²) in [6.45, 7) is 7.67. The van der Waals surface area contributed by atoms with Crippen molar-refractivity contribution >= 4 is 0 Å². The minimum atomic E-state index is -0.116. The van der Waals surface area contributed by atoms with Crippen LogP contribution in [-0.4, -0.2) is 55.5 Å². The summed E-state index contributed by atoms with van der Waals surface area (Å²) in [6.07, 6.45) is 2.95. The summed E-state index contributed by atoms with van der Waals surface area (Å²) < 4.78 is 5.44. The lowest BCUT2D eigenvalue weighted by Crippen LogP contribution is -2.50. The molecule has 2 heterocycles. The maximum atomic E-state index is 9.75. The Balaban J connectivity index is 1.90.